The molecule has 2 rings (SSSR count). The molecule has 0 spiro atoms. The van der Waals surface area contributed by atoms with Gasteiger partial charge in [0, 0.05) is 17.7 Å². The first-order chi connectivity index (χ1) is 11.8. The van der Waals surface area contributed by atoms with Gasteiger partial charge in [0.05, 0.1) is 32.1 Å². The quantitative estimate of drug-likeness (QED) is 0.650. The van der Waals surface area contributed by atoms with Crippen molar-refractivity contribution in [3.05, 3.63) is 32.6 Å². The Morgan fingerprint density at radius 3 is 2.56 bits per heavy atom. The molecule has 1 fully saturated rings. The van der Waals surface area contributed by atoms with E-state index < -0.39 is 31.2 Å². The third-order valence-corrected chi connectivity index (χ3v) is 6.33. The summed E-state index contributed by atoms with van der Waals surface area (Å²) in [7, 11) is -3.30. The van der Waals surface area contributed by atoms with Crippen molar-refractivity contribution in [1.82, 2.24) is 9.55 Å². The Hall–Kier alpha value is -1.25. The molecule has 1 aromatic heterocycles. The lowest BCUT2D eigenvalue weighted by molar-refractivity contribution is -0.0315. The van der Waals surface area contributed by atoms with Crippen LogP contribution in [0.25, 0.3) is 0 Å². The molecule has 2 heterocycles. The van der Waals surface area contributed by atoms with E-state index in [9.17, 15) is 19.3 Å². The molecule has 10 heteroatoms. The maximum Gasteiger partial charge on any atom is 0.331 e. The number of hydrogen-bond donors (Lipinski definition) is 2. The highest BCUT2D eigenvalue weighted by Gasteiger charge is 2.41. The topological polar surface area (TPSA) is 120 Å². The summed E-state index contributed by atoms with van der Waals surface area (Å²) in [6.45, 7) is 5.25. The van der Waals surface area contributed by atoms with Crippen LogP contribution in [0.1, 0.15) is 32.1 Å². The minimum atomic E-state index is -3.30. The van der Waals surface area contributed by atoms with Crippen molar-refractivity contribution in [2.45, 2.75) is 39.5 Å². The second kappa shape index (κ2) is 8.42. The minimum Gasteiger partial charge on any atom is -0.394 e. The number of hydrogen-bond acceptors (Lipinski definition) is 7. The van der Waals surface area contributed by atoms with Gasteiger partial charge in [-0.25, -0.2) is 4.79 Å². The number of aromatic amines is 1. The van der Waals surface area contributed by atoms with Gasteiger partial charge in [0.1, 0.15) is 6.23 Å². The molecule has 0 radical (unpaired) electrons. The van der Waals surface area contributed by atoms with Gasteiger partial charge in [0.25, 0.3) is 5.56 Å². The van der Waals surface area contributed by atoms with E-state index in [1.165, 1.54) is 10.8 Å². The van der Waals surface area contributed by atoms with Crippen LogP contribution in [-0.4, -0.2) is 46.7 Å². The zero-order chi connectivity index (χ0) is 18.6. The van der Waals surface area contributed by atoms with Gasteiger partial charge in [0.2, 0.25) is 0 Å². The molecule has 1 aliphatic heterocycles. The first-order valence-corrected chi connectivity index (χ1v) is 10.0. The minimum absolute atomic E-state index is 0.0908. The standard InChI is InChI=1S/C15H25N2O7P/c1-4-22-25(21,23-5-2)9-11-6-13(24-12(11)8-18)17-7-10(3)14(19)16-15(17)20/h7,11-13,18H,4-6,8-9H2,1-3H3,(H,16,19,20)/t11-,12-,13+/m1/s1. The Bertz CT molecular complexity index is 734. The number of aliphatic hydroxyl groups excluding tert-OH is 1. The molecule has 0 amide bonds. The molecule has 0 saturated carbocycles. The SMILES string of the molecule is CCOP(=O)(C[C@H]1C[C@@H](n2cc(C)c(=O)[nH]c2=O)O[C@@H]1CO)OCC. The van der Waals surface area contributed by atoms with Crippen molar-refractivity contribution in [3.63, 3.8) is 0 Å². The maximum absolute atomic E-state index is 12.7. The van der Waals surface area contributed by atoms with Gasteiger partial charge in [-0.15, -0.1) is 0 Å². The smallest absolute Gasteiger partial charge is 0.331 e. The molecule has 0 aliphatic carbocycles. The normalized spacial score (nSPS) is 23.9. The highest BCUT2D eigenvalue weighted by molar-refractivity contribution is 7.53. The van der Waals surface area contributed by atoms with E-state index in [-0.39, 0.29) is 31.9 Å². The number of ether oxygens (including phenoxy) is 1. The highest BCUT2D eigenvalue weighted by atomic mass is 31.2. The lowest BCUT2D eigenvalue weighted by Gasteiger charge is -2.22. The molecule has 0 aromatic carbocycles. The second-order valence-corrected chi connectivity index (χ2v) is 8.02. The number of H-pyrrole nitrogens is 1. The molecule has 142 valence electrons. The summed E-state index contributed by atoms with van der Waals surface area (Å²) in [4.78, 5) is 25.8. The van der Waals surface area contributed by atoms with Crippen molar-refractivity contribution in [3.8, 4) is 0 Å². The maximum atomic E-state index is 12.7. The fraction of sp³-hybridized carbons (Fsp3) is 0.733. The molecule has 2 N–H and O–H groups in total. The Kier molecular flexibility index (Phi) is 6.76. The van der Waals surface area contributed by atoms with Gasteiger partial charge in [-0.1, -0.05) is 0 Å². The van der Waals surface area contributed by atoms with Crippen LogP contribution in [0.4, 0.5) is 0 Å². The lowest BCUT2D eigenvalue weighted by atomic mass is 10.0. The predicted molar refractivity (Wildman–Crippen MR) is 90.9 cm³/mol. The van der Waals surface area contributed by atoms with Crippen molar-refractivity contribution in [2.24, 2.45) is 5.92 Å². The van der Waals surface area contributed by atoms with Crippen molar-refractivity contribution < 1.29 is 23.5 Å². The largest absolute Gasteiger partial charge is 0.394 e. The Labute approximate surface area is 145 Å². The van der Waals surface area contributed by atoms with E-state index in [4.69, 9.17) is 13.8 Å². The van der Waals surface area contributed by atoms with Crippen LogP contribution in [0.5, 0.6) is 0 Å². The van der Waals surface area contributed by atoms with Gasteiger partial charge in [-0.05, 0) is 27.2 Å². The van der Waals surface area contributed by atoms with E-state index in [0.717, 1.165) is 0 Å². The molecule has 0 bridgehead atoms. The van der Waals surface area contributed by atoms with Gasteiger partial charge in [-0.3, -0.25) is 18.9 Å². The van der Waals surface area contributed by atoms with E-state index >= 15 is 0 Å². The second-order valence-electron chi connectivity index (χ2n) is 5.92. The lowest BCUT2D eigenvalue weighted by Crippen LogP contribution is -2.33. The van der Waals surface area contributed by atoms with Gasteiger partial charge in [-0.2, -0.15) is 0 Å². The third-order valence-electron chi connectivity index (χ3n) is 4.11. The Morgan fingerprint density at radius 2 is 2.00 bits per heavy atom. The fourth-order valence-electron chi connectivity index (χ4n) is 2.97. The molecular weight excluding hydrogens is 351 g/mol. The molecule has 1 saturated heterocycles. The highest BCUT2D eigenvalue weighted by Crippen LogP contribution is 2.52. The third kappa shape index (κ3) is 4.68. The summed E-state index contributed by atoms with van der Waals surface area (Å²) in [5.41, 5.74) is -0.663. The summed E-state index contributed by atoms with van der Waals surface area (Å²) < 4.78 is 30.4. The molecular formula is C15H25N2O7P. The number of nitrogens with zero attached hydrogens (tertiary/aromatic N) is 1. The van der Waals surface area contributed by atoms with Gasteiger partial charge < -0.3 is 18.9 Å². The number of aromatic nitrogens is 2. The van der Waals surface area contributed by atoms with Crippen molar-refractivity contribution >= 4 is 7.60 Å². The summed E-state index contributed by atoms with van der Waals surface area (Å²) >= 11 is 0. The van der Waals surface area contributed by atoms with Crippen LogP contribution in [0.15, 0.2) is 15.8 Å². The van der Waals surface area contributed by atoms with E-state index in [2.05, 4.69) is 4.98 Å². The molecule has 25 heavy (non-hydrogen) atoms. The molecule has 1 aromatic rings. The summed E-state index contributed by atoms with van der Waals surface area (Å²) in [5.74, 6) is -0.307. The zero-order valence-electron chi connectivity index (χ0n) is 14.6. The number of aliphatic hydroxyl groups is 1. The number of aryl methyl sites for hydroxylation is 1. The van der Waals surface area contributed by atoms with Crippen molar-refractivity contribution in [1.29, 1.82) is 0 Å². The molecule has 3 atom stereocenters. The van der Waals surface area contributed by atoms with Crippen LogP contribution >= 0.6 is 7.60 Å². The van der Waals surface area contributed by atoms with E-state index in [1.807, 2.05) is 0 Å². The molecule has 1 aliphatic rings. The van der Waals surface area contributed by atoms with E-state index in [0.29, 0.717) is 12.0 Å². The first kappa shape index (κ1) is 20.1. The summed E-state index contributed by atoms with van der Waals surface area (Å²) in [6, 6.07) is 0. The van der Waals surface area contributed by atoms with E-state index in [1.54, 1.807) is 20.8 Å². The average molecular weight is 376 g/mol. The Balaban J connectivity index is 2.23. The average Bonchev–Trinajstić information content (AvgIpc) is 2.93. The first-order valence-electron chi connectivity index (χ1n) is 8.30. The van der Waals surface area contributed by atoms with Crippen LogP contribution in [0, 0.1) is 12.8 Å². The Morgan fingerprint density at radius 1 is 1.36 bits per heavy atom. The monoisotopic (exact) mass is 376 g/mol. The van der Waals surface area contributed by atoms with Crippen LogP contribution in [0.2, 0.25) is 0 Å². The predicted octanol–water partition coefficient (Wildman–Crippen LogP) is 1.01. The van der Waals surface area contributed by atoms with Crippen molar-refractivity contribution in [2.75, 3.05) is 26.0 Å². The van der Waals surface area contributed by atoms with Crippen LogP contribution < -0.4 is 11.2 Å². The summed E-state index contributed by atoms with van der Waals surface area (Å²) in [6.07, 6.45) is 0.599. The molecule has 9 nitrogen and oxygen atoms in total. The van der Waals surface area contributed by atoms with Gasteiger partial charge >= 0.3 is 13.3 Å². The molecule has 0 unspecified atom stereocenters. The number of rotatable bonds is 8. The van der Waals surface area contributed by atoms with Crippen LogP contribution in [-0.2, 0) is 18.3 Å². The van der Waals surface area contributed by atoms with Gasteiger partial charge in [0.15, 0.2) is 0 Å². The number of nitrogens with one attached hydrogen (secondary N) is 1. The summed E-state index contributed by atoms with van der Waals surface area (Å²) in [5, 5.41) is 9.58. The van der Waals surface area contributed by atoms with Crippen LogP contribution in [0.3, 0.4) is 0 Å². The zero-order valence-corrected chi connectivity index (χ0v) is 15.5. The fourth-order valence-corrected chi connectivity index (χ4v) is 5.00.